The molecule has 0 aliphatic carbocycles. The number of ether oxygens (including phenoxy) is 1. The normalized spacial score (nSPS) is 14.2. The van der Waals surface area contributed by atoms with E-state index in [1.54, 1.807) is 35.2 Å². The molecule has 38 heavy (non-hydrogen) atoms. The number of hydrogen-bond acceptors (Lipinski definition) is 4. The molecule has 0 radical (unpaired) electrons. The van der Waals surface area contributed by atoms with Gasteiger partial charge in [0.15, 0.2) is 11.0 Å². The summed E-state index contributed by atoms with van der Waals surface area (Å²) in [7, 11) is -1.56. The smallest absolute Gasteiger partial charge is 0.335 e. The fourth-order valence-electron chi connectivity index (χ4n) is 4.52. The fraction of sp³-hybridized carbons (Fsp3) is 0.172. The summed E-state index contributed by atoms with van der Waals surface area (Å²) in [5.41, 5.74) is 4.01. The van der Waals surface area contributed by atoms with Crippen LogP contribution >= 0.6 is 0 Å². The number of benzene rings is 4. The summed E-state index contributed by atoms with van der Waals surface area (Å²) >= 11 is 0. The minimum Gasteiger partial charge on any atom is -0.478 e. The van der Waals surface area contributed by atoms with Crippen molar-refractivity contribution in [2.75, 3.05) is 36.3 Å². The van der Waals surface area contributed by atoms with Crippen molar-refractivity contribution in [2.24, 2.45) is 0 Å². The molecule has 194 valence electrons. The van der Waals surface area contributed by atoms with Crippen LogP contribution in [0, 0.1) is 6.92 Å². The molecule has 1 aliphatic heterocycles. The highest BCUT2D eigenvalue weighted by Crippen LogP contribution is 2.34. The van der Waals surface area contributed by atoms with Crippen molar-refractivity contribution < 1.29 is 23.6 Å². The van der Waals surface area contributed by atoms with Crippen LogP contribution in [0.2, 0.25) is 0 Å². The summed E-state index contributed by atoms with van der Waals surface area (Å²) in [6, 6.07) is 23.4. The molecule has 1 heterocycles. The molecule has 4 aromatic rings. The molecule has 3 N–H and O–H groups in total. The van der Waals surface area contributed by atoms with Crippen molar-refractivity contribution in [2.45, 2.75) is 11.8 Å². The monoisotopic (exact) mass is 529 g/mol. The van der Waals surface area contributed by atoms with Gasteiger partial charge in [0, 0.05) is 24.2 Å². The van der Waals surface area contributed by atoms with E-state index in [1.807, 2.05) is 55.5 Å². The van der Waals surface area contributed by atoms with Crippen LogP contribution in [0.3, 0.4) is 0 Å². The van der Waals surface area contributed by atoms with Crippen LogP contribution in [-0.2, 0) is 15.7 Å². The molecule has 2 amide bonds. The first kappa shape index (κ1) is 25.4. The SMILES string of the molecule is Cc1cc(NC(=O)N2CCOCC2)ccc1S(=O)Nc1ccc(-c2cccc(C(=O)O)c2)c2ccccc12. The third-order valence-corrected chi connectivity index (χ3v) is 7.73. The lowest BCUT2D eigenvalue weighted by Crippen LogP contribution is -2.43. The highest BCUT2D eigenvalue weighted by molar-refractivity contribution is 7.86. The molecule has 1 fully saturated rings. The van der Waals surface area contributed by atoms with Gasteiger partial charge in [0.2, 0.25) is 0 Å². The van der Waals surface area contributed by atoms with Crippen molar-refractivity contribution in [3.8, 4) is 11.1 Å². The van der Waals surface area contributed by atoms with E-state index < -0.39 is 17.0 Å². The molecule has 4 aromatic carbocycles. The molecular formula is C29H27N3O5S. The van der Waals surface area contributed by atoms with Crippen LogP contribution in [0.15, 0.2) is 83.8 Å². The van der Waals surface area contributed by atoms with Gasteiger partial charge in [-0.2, -0.15) is 0 Å². The number of nitrogens with one attached hydrogen (secondary N) is 2. The van der Waals surface area contributed by atoms with Crippen LogP contribution in [-0.4, -0.2) is 52.5 Å². The van der Waals surface area contributed by atoms with Gasteiger partial charge in [-0.3, -0.25) is 0 Å². The number of aromatic carboxylic acids is 1. The molecule has 5 rings (SSSR count). The number of carbonyl (C=O) groups excluding carboxylic acids is 1. The third-order valence-electron chi connectivity index (χ3n) is 6.47. The summed E-state index contributed by atoms with van der Waals surface area (Å²) in [5, 5.41) is 14.1. The molecule has 1 unspecified atom stereocenters. The van der Waals surface area contributed by atoms with Gasteiger partial charge in [-0.05, 0) is 65.4 Å². The van der Waals surface area contributed by atoms with Crippen LogP contribution in [0.5, 0.6) is 0 Å². The molecule has 1 aliphatic rings. The first-order chi connectivity index (χ1) is 18.4. The number of anilines is 2. The average molecular weight is 530 g/mol. The first-order valence-corrected chi connectivity index (χ1v) is 13.3. The maximum absolute atomic E-state index is 13.4. The number of fused-ring (bicyclic) bond motifs is 1. The minimum absolute atomic E-state index is 0.180. The molecule has 0 spiro atoms. The zero-order valence-electron chi connectivity index (χ0n) is 20.8. The van der Waals surface area contributed by atoms with Gasteiger partial charge in [0.1, 0.15) is 0 Å². The Labute approximate surface area is 222 Å². The number of carbonyl (C=O) groups is 2. The molecular weight excluding hydrogens is 502 g/mol. The Kier molecular flexibility index (Phi) is 7.39. The van der Waals surface area contributed by atoms with Gasteiger partial charge < -0.3 is 24.8 Å². The topological polar surface area (TPSA) is 108 Å². The van der Waals surface area contributed by atoms with Crippen molar-refractivity contribution in [1.82, 2.24) is 4.90 Å². The van der Waals surface area contributed by atoms with E-state index in [0.717, 1.165) is 27.5 Å². The number of carboxylic acids is 1. The van der Waals surface area contributed by atoms with Gasteiger partial charge in [-0.1, -0.05) is 42.5 Å². The Balaban J connectivity index is 1.38. The molecule has 1 atom stereocenters. The standard InChI is InChI=1S/C29H27N3O5S/c1-19-17-22(30-29(35)32-13-15-37-16-14-32)9-12-27(19)38(36)31-26-11-10-23(24-7-2-3-8-25(24)26)20-5-4-6-21(18-20)28(33)34/h2-12,17-18,31H,13-16H2,1H3,(H,30,35)(H,33,34). The second-order valence-corrected chi connectivity index (χ2v) is 10.2. The van der Waals surface area contributed by atoms with E-state index in [1.165, 1.54) is 0 Å². The number of rotatable bonds is 6. The van der Waals surface area contributed by atoms with Crippen molar-refractivity contribution in [3.63, 3.8) is 0 Å². The molecule has 9 heteroatoms. The summed E-state index contributed by atoms with van der Waals surface area (Å²) in [6.07, 6.45) is 0. The Bertz CT molecular complexity index is 1550. The number of carboxylic acid groups (broad SMARTS) is 1. The summed E-state index contributed by atoms with van der Waals surface area (Å²) in [5.74, 6) is -0.980. The number of nitrogens with zero attached hydrogens (tertiary/aromatic N) is 1. The van der Waals surface area contributed by atoms with E-state index >= 15 is 0 Å². The quantitative estimate of drug-likeness (QED) is 0.305. The summed E-state index contributed by atoms with van der Waals surface area (Å²) in [6.45, 7) is 4.01. The lowest BCUT2D eigenvalue weighted by molar-refractivity contribution is 0.0564. The predicted octanol–water partition coefficient (Wildman–Crippen LogP) is 5.51. The number of amides is 2. The Morgan fingerprint density at radius 2 is 1.68 bits per heavy atom. The van der Waals surface area contributed by atoms with E-state index in [0.29, 0.717) is 42.6 Å². The van der Waals surface area contributed by atoms with Crippen molar-refractivity contribution in [1.29, 1.82) is 0 Å². The number of hydrogen-bond donors (Lipinski definition) is 3. The van der Waals surface area contributed by atoms with Crippen LogP contribution < -0.4 is 10.0 Å². The average Bonchev–Trinajstić information content (AvgIpc) is 2.93. The Morgan fingerprint density at radius 3 is 2.42 bits per heavy atom. The van der Waals surface area contributed by atoms with Crippen LogP contribution in [0.25, 0.3) is 21.9 Å². The largest absolute Gasteiger partial charge is 0.478 e. The van der Waals surface area contributed by atoms with Gasteiger partial charge in [0.05, 0.1) is 29.4 Å². The molecule has 0 saturated carbocycles. The van der Waals surface area contributed by atoms with E-state index in [-0.39, 0.29) is 11.6 Å². The molecule has 8 nitrogen and oxygen atoms in total. The van der Waals surface area contributed by atoms with Gasteiger partial charge in [-0.15, -0.1) is 0 Å². The zero-order chi connectivity index (χ0) is 26.6. The molecule has 0 bridgehead atoms. The first-order valence-electron chi connectivity index (χ1n) is 12.2. The highest BCUT2D eigenvalue weighted by Gasteiger charge is 2.18. The van der Waals surface area contributed by atoms with Gasteiger partial charge in [-0.25, -0.2) is 13.8 Å². The maximum Gasteiger partial charge on any atom is 0.335 e. The van der Waals surface area contributed by atoms with Gasteiger partial charge in [0.25, 0.3) is 0 Å². The lowest BCUT2D eigenvalue weighted by Gasteiger charge is -2.27. The van der Waals surface area contributed by atoms with E-state index in [2.05, 4.69) is 10.0 Å². The number of aryl methyl sites for hydroxylation is 1. The number of urea groups is 1. The van der Waals surface area contributed by atoms with Crippen molar-refractivity contribution in [3.05, 3.63) is 90.0 Å². The van der Waals surface area contributed by atoms with Crippen LogP contribution in [0.4, 0.5) is 16.2 Å². The molecule has 1 saturated heterocycles. The van der Waals surface area contributed by atoms with E-state index in [9.17, 15) is 18.9 Å². The summed E-state index contributed by atoms with van der Waals surface area (Å²) < 4.78 is 21.8. The van der Waals surface area contributed by atoms with E-state index in [4.69, 9.17) is 4.74 Å². The summed E-state index contributed by atoms with van der Waals surface area (Å²) in [4.78, 5) is 26.3. The maximum atomic E-state index is 13.4. The lowest BCUT2D eigenvalue weighted by atomic mass is 9.96. The van der Waals surface area contributed by atoms with Crippen molar-refractivity contribution >= 4 is 45.1 Å². The third kappa shape index (κ3) is 5.39. The minimum atomic E-state index is -1.56. The van der Waals surface area contributed by atoms with Gasteiger partial charge >= 0.3 is 12.0 Å². The zero-order valence-corrected chi connectivity index (χ0v) is 21.6. The number of morpholine rings is 1. The highest BCUT2D eigenvalue weighted by atomic mass is 32.2. The Hall–Kier alpha value is -4.21. The predicted molar refractivity (Wildman–Crippen MR) is 149 cm³/mol. The Morgan fingerprint density at radius 1 is 0.921 bits per heavy atom. The second kappa shape index (κ2) is 11.0. The second-order valence-electron chi connectivity index (χ2n) is 8.97. The van der Waals surface area contributed by atoms with Crippen LogP contribution in [0.1, 0.15) is 15.9 Å². The fourth-order valence-corrected chi connectivity index (χ4v) is 5.55. The molecule has 0 aromatic heterocycles.